The van der Waals surface area contributed by atoms with Gasteiger partial charge in [0.25, 0.3) is 5.91 Å². The van der Waals surface area contributed by atoms with E-state index in [9.17, 15) is 13.2 Å². The van der Waals surface area contributed by atoms with Crippen LogP contribution in [0.25, 0.3) is 0 Å². The van der Waals surface area contributed by atoms with Crippen LogP contribution in [0.5, 0.6) is 11.5 Å². The number of carbonyl (C=O) groups is 1. The third-order valence-corrected chi connectivity index (χ3v) is 6.39. The molecular formula is C24H33ClN2O5S. The van der Waals surface area contributed by atoms with Crippen LogP contribution in [0, 0.1) is 0 Å². The molecule has 9 heteroatoms. The number of halogens is 1. The molecule has 33 heavy (non-hydrogen) atoms. The summed E-state index contributed by atoms with van der Waals surface area (Å²) in [5.41, 5.74) is 1.88. The minimum Gasteiger partial charge on any atom is -0.490 e. The highest BCUT2D eigenvalue weighted by molar-refractivity contribution is 7.88. The summed E-state index contributed by atoms with van der Waals surface area (Å²) in [6.45, 7) is 8.70. The molecule has 0 saturated carbocycles. The van der Waals surface area contributed by atoms with Crippen LogP contribution in [0.1, 0.15) is 62.0 Å². The van der Waals surface area contributed by atoms with Crippen LogP contribution in [0.3, 0.4) is 0 Å². The van der Waals surface area contributed by atoms with Gasteiger partial charge in [0.2, 0.25) is 10.0 Å². The number of benzene rings is 2. The number of sulfonamides is 1. The molecule has 182 valence electrons. The van der Waals surface area contributed by atoms with E-state index in [0.717, 1.165) is 18.4 Å². The fraction of sp³-hybridized carbons (Fsp3) is 0.458. The van der Waals surface area contributed by atoms with Crippen molar-refractivity contribution in [2.24, 2.45) is 0 Å². The van der Waals surface area contributed by atoms with Gasteiger partial charge in [-0.1, -0.05) is 49.2 Å². The fourth-order valence-electron chi connectivity index (χ4n) is 3.08. The standard InChI is InChI=1S/C24H33ClN2O5S/c1-5-7-12-32-23-21(25)13-20(14-22(23)31-6-2)24(28)26-15-18-8-10-19(11-9-18)16-33(29,30)27-17(3)4/h8-11,13-14,17,27H,5-7,12,15-16H2,1-4H3,(H,26,28). The van der Waals surface area contributed by atoms with Crippen molar-refractivity contribution >= 4 is 27.5 Å². The van der Waals surface area contributed by atoms with E-state index in [1.54, 1.807) is 50.2 Å². The first kappa shape index (κ1) is 27.0. The van der Waals surface area contributed by atoms with Gasteiger partial charge in [-0.05, 0) is 50.5 Å². The van der Waals surface area contributed by atoms with Gasteiger partial charge < -0.3 is 14.8 Å². The van der Waals surface area contributed by atoms with Crippen LogP contribution in [0.4, 0.5) is 0 Å². The van der Waals surface area contributed by atoms with Crippen LogP contribution in [-0.2, 0) is 22.3 Å². The number of ether oxygens (including phenoxy) is 2. The molecule has 0 unspecified atom stereocenters. The van der Waals surface area contributed by atoms with Crippen molar-refractivity contribution in [1.82, 2.24) is 10.0 Å². The highest BCUT2D eigenvalue weighted by Crippen LogP contribution is 2.37. The lowest BCUT2D eigenvalue weighted by Gasteiger charge is -2.15. The van der Waals surface area contributed by atoms with Gasteiger partial charge in [0.1, 0.15) is 0 Å². The van der Waals surface area contributed by atoms with Crippen molar-refractivity contribution in [3.63, 3.8) is 0 Å². The molecule has 2 rings (SSSR count). The SMILES string of the molecule is CCCCOc1c(Cl)cc(C(=O)NCc2ccc(CS(=O)(=O)NC(C)C)cc2)cc1OCC. The predicted octanol–water partition coefficient (Wildman–Crippen LogP) is 4.68. The second-order valence-electron chi connectivity index (χ2n) is 7.95. The average Bonchev–Trinajstić information content (AvgIpc) is 2.73. The van der Waals surface area contributed by atoms with Gasteiger partial charge >= 0.3 is 0 Å². The van der Waals surface area contributed by atoms with E-state index in [0.29, 0.717) is 40.9 Å². The molecular weight excluding hydrogens is 464 g/mol. The average molecular weight is 497 g/mol. The number of rotatable bonds is 13. The van der Waals surface area contributed by atoms with Gasteiger partial charge in [-0.15, -0.1) is 0 Å². The molecule has 0 aliphatic carbocycles. The molecule has 0 fully saturated rings. The molecule has 0 spiro atoms. The lowest BCUT2D eigenvalue weighted by molar-refractivity contribution is 0.0950. The minimum absolute atomic E-state index is 0.0940. The Morgan fingerprint density at radius 2 is 1.73 bits per heavy atom. The zero-order valence-corrected chi connectivity index (χ0v) is 21.2. The molecule has 0 radical (unpaired) electrons. The van der Waals surface area contributed by atoms with Gasteiger partial charge in [0.05, 0.1) is 24.0 Å². The highest BCUT2D eigenvalue weighted by Gasteiger charge is 2.17. The highest BCUT2D eigenvalue weighted by atomic mass is 35.5. The maximum atomic E-state index is 12.7. The minimum atomic E-state index is -3.39. The topological polar surface area (TPSA) is 93.7 Å². The van der Waals surface area contributed by atoms with E-state index in [-0.39, 0.29) is 24.2 Å². The largest absolute Gasteiger partial charge is 0.490 e. The molecule has 0 saturated heterocycles. The van der Waals surface area contributed by atoms with E-state index in [4.69, 9.17) is 21.1 Å². The van der Waals surface area contributed by atoms with Crippen molar-refractivity contribution in [3.8, 4) is 11.5 Å². The number of carbonyl (C=O) groups excluding carboxylic acids is 1. The zero-order chi connectivity index (χ0) is 24.4. The first-order valence-corrected chi connectivity index (χ1v) is 13.1. The van der Waals surface area contributed by atoms with Gasteiger partial charge in [0.15, 0.2) is 11.5 Å². The van der Waals surface area contributed by atoms with Crippen molar-refractivity contribution in [2.75, 3.05) is 13.2 Å². The Morgan fingerprint density at radius 1 is 1.06 bits per heavy atom. The number of unbranched alkanes of at least 4 members (excludes halogenated alkanes) is 1. The summed E-state index contributed by atoms with van der Waals surface area (Å²) in [7, 11) is -3.39. The van der Waals surface area contributed by atoms with E-state index in [1.807, 2.05) is 6.92 Å². The fourth-order valence-corrected chi connectivity index (χ4v) is 4.78. The van der Waals surface area contributed by atoms with Crippen LogP contribution in [0.15, 0.2) is 36.4 Å². The van der Waals surface area contributed by atoms with Crippen LogP contribution < -0.4 is 19.5 Å². The third-order valence-electron chi connectivity index (χ3n) is 4.56. The Morgan fingerprint density at radius 3 is 2.33 bits per heavy atom. The van der Waals surface area contributed by atoms with Gasteiger partial charge in [-0.3, -0.25) is 4.79 Å². The summed E-state index contributed by atoms with van der Waals surface area (Å²) in [6.07, 6.45) is 1.89. The second kappa shape index (κ2) is 12.8. The summed E-state index contributed by atoms with van der Waals surface area (Å²) < 4.78 is 38.1. The van der Waals surface area contributed by atoms with Gasteiger partial charge in [-0.25, -0.2) is 13.1 Å². The molecule has 0 aliphatic rings. The molecule has 1 amide bonds. The van der Waals surface area contributed by atoms with Crippen LogP contribution >= 0.6 is 11.6 Å². The lowest BCUT2D eigenvalue weighted by atomic mass is 10.1. The van der Waals surface area contributed by atoms with Crippen molar-refractivity contribution in [1.29, 1.82) is 0 Å². The molecule has 7 nitrogen and oxygen atoms in total. The molecule has 0 aliphatic heterocycles. The molecule has 2 N–H and O–H groups in total. The number of hydrogen-bond acceptors (Lipinski definition) is 5. The van der Waals surface area contributed by atoms with Gasteiger partial charge in [-0.2, -0.15) is 0 Å². The molecule has 0 bridgehead atoms. The van der Waals surface area contributed by atoms with Crippen molar-refractivity contribution in [3.05, 3.63) is 58.1 Å². The Hall–Kier alpha value is -2.29. The monoisotopic (exact) mass is 496 g/mol. The van der Waals surface area contributed by atoms with Crippen LogP contribution in [0.2, 0.25) is 5.02 Å². The first-order chi connectivity index (χ1) is 15.6. The molecule has 0 heterocycles. The molecule has 0 atom stereocenters. The quantitative estimate of drug-likeness (QED) is 0.393. The van der Waals surface area contributed by atoms with E-state index in [2.05, 4.69) is 17.0 Å². The maximum Gasteiger partial charge on any atom is 0.251 e. The number of nitrogens with one attached hydrogen (secondary N) is 2. The normalized spacial score (nSPS) is 11.5. The predicted molar refractivity (Wildman–Crippen MR) is 132 cm³/mol. The van der Waals surface area contributed by atoms with Crippen molar-refractivity contribution < 1.29 is 22.7 Å². The summed E-state index contributed by atoms with van der Waals surface area (Å²) in [5.74, 6) is 0.488. The third kappa shape index (κ3) is 8.87. The summed E-state index contributed by atoms with van der Waals surface area (Å²) in [4.78, 5) is 12.7. The lowest BCUT2D eigenvalue weighted by Crippen LogP contribution is -2.31. The maximum absolute atomic E-state index is 12.7. The molecule has 2 aromatic carbocycles. The smallest absolute Gasteiger partial charge is 0.251 e. The summed E-state index contributed by atoms with van der Waals surface area (Å²) in [6, 6.07) is 10.1. The Bertz CT molecular complexity index is 1020. The Balaban J connectivity index is 2.03. The number of hydrogen-bond donors (Lipinski definition) is 2. The van der Waals surface area contributed by atoms with E-state index in [1.165, 1.54) is 0 Å². The molecule has 0 aromatic heterocycles. The summed E-state index contributed by atoms with van der Waals surface area (Å²) >= 11 is 6.37. The van der Waals surface area contributed by atoms with E-state index < -0.39 is 10.0 Å². The zero-order valence-electron chi connectivity index (χ0n) is 19.6. The summed E-state index contributed by atoms with van der Waals surface area (Å²) in [5, 5.41) is 3.17. The molecule has 2 aromatic rings. The number of amides is 1. The van der Waals surface area contributed by atoms with Crippen LogP contribution in [-0.4, -0.2) is 33.6 Å². The van der Waals surface area contributed by atoms with Gasteiger partial charge in [0, 0.05) is 18.2 Å². The second-order valence-corrected chi connectivity index (χ2v) is 10.1. The van der Waals surface area contributed by atoms with E-state index >= 15 is 0 Å². The Labute approximate surface area is 201 Å². The first-order valence-electron chi connectivity index (χ1n) is 11.1. The van der Waals surface area contributed by atoms with Crippen molar-refractivity contribution in [2.45, 2.75) is 58.9 Å². The Kier molecular flexibility index (Phi) is 10.5.